The zero-order valence-electron chi connectivity index (χ0n) is 17.6. The first-order valence-corrected chi connectivity index (χ1v) is 12.1. The fourth-order valence-electron chi connectivity index (χ4n) is 3.74. The number of nitrogens with zero attached hydrogens (tertiary/aromatic N) is 6. The molecule has 0 atom stereocenters. The van der Waals surface area contributed by atoms with E-state index in [9.17, 15) is 18.0 Å². The molecule has 2 aliphatic rings. The van der Waals surface area contributed by atoms with Crippen molar-refractivity contribution < 1.29 is 22.6 Å². The number of carbonyl (C=O) groups excluding carboxylic acids is 2. The van der Waals surface area contributed by atoms with E-state index in [4.69, 9.17) is 4.63 Å². The Morgan fingerprint density at radius 3 is 1.90 bits per heavy atom. The fourth-order valence-corrected chi connectivity index (χ4v) is 4.56. The Kier molecular flexibility index (Phi) is 7.42. The minimum atomic E-state index is -3.21. The largest absolute Gasteiger partial charge is 0.340 e. The van der Waals surface area contributed by atoms with E-state index < -0.39 is 10.0 Å². The smallest absolute Gasteiger partial charge is 0.222 e. The lowest BCUT2D eigenvalue weighted by Gasteiger charge is -2.34. The van der Waals surface area contributed by atoms with Gasteiger partial charge in [-0.15, -0.1) is 0 Å². The molecule has 0 saturated carbocycles. The first-order valence-electron chi connectivity index (χ1n) is 10.2. The van der Waals surface area contributed by atoms with Gasteiger partial charge in [-0.2, -0.15) is 4.31 Å². The van der Waals surface area contributed by atoms with Gasteiger partial charge in [-0.05, 0) is 13.3 Å². The van der Waals surface area contributed by atoms with E-state index in [2.05, 4.69) is 15.2 Å². The van der Waals surface area contributed by atoms with E-state index in [1.807, 2.05) is 11.8 Å². The van der Waals surface area contributed by atoms with E-state index in [0.29, 0.717) is 65.1 Å². The molecular weight excluding hydrogens is 412 g/mol. The molecule has 30 heavy (non-hydrogen) atoms. The lowest BCUT2D eigenvalue weighted by atomic mass is 10.1. The maximum Gasteiger partial charge on any atom is 0.222 e. The van der Waals surface area contributed by atoms with Crippen molar-refractivity contribution in [3.05, 3.63) is 11.4 Å². The highest BCUT2D eigenvalue weighted by molar-refractivity contribution is 7.88. The molecule has 0 N–H and O–H groups in total. The second-order valence-corrected chi connectivity index (χ2v) is 9.83. The Bertz CT molecular complexity index is 841. The van der Waals surface area contributed by atoms with Crippen molar-refractivity contribution >= 4 is 21.8 Å². The highest BCUT2D eigenvalue weighted by atomic mass is 32.2. The normalized spacial score (nSPS) is 19.3. The maximum absolute atomic E-state index is 12.5. The van der Waals surface area contributed by atoms with Gasteiger partial charge >= 0.3 is 0 Å². The predicted octanol–water partition coefficient (Wildman–Crippen LogP) is -0.704. The second kappa shape index (κ2) is 9.84. The number of carbonyl (C=O) groups is 2. The standard InChI is InChI=1S/C18H30N6O5S/c1-15-16(20-29-19-15)14-21-6-8-22(9-7-21)17(25)4-3-5-18(26)23-10-12-24(13-11-23)30(2,27)28/h3-14H2,1-2H3. The van der Waals surface area contributed by atoms with Crippen molar-refractivity contribution in [3.63, 3.8) is 0 Å². The maximum atomic E-state index is 12.5. The summed E-state index contributed by atoms with van der Waals surface area (Å²) in [6, 6.07) is 0. The van der Waals surface area contributed by atoms with Crippen molar-refractivity contribution in [1.82, 2.24) is 29.3 Å². The van der Waals surface area contributed by atoms with Crippen molar-refractivity contribution in [2.45, 2.75) is 32.7 Å². The molecule has 0 aromatic carbocycles. The quantitative estimate of drug-likeness (QED) is 0.543. The molecule has 0 unspecified atom stereocenters. The van der Waals surface area contributed by atoms with Gasteiger partial charge in [0.1, 0.15) is 11.4 Å². The summed E-state index contributed by atoms with van der Waals surface area (Å²) in [5.74, 6) is 0.0565. The van der Waals surface area contributed by atoms with Crippen molar-refractivity contribution in [2.24, 2.45) is 0 Å². The van der Waals surface area contributed by atoms with Gasteiger partial charge in [-0.25, -0.2) is 13.0 Å². The zero-order chi connectivity index (χ0) is 21.7. The van der Waals surface area contributed by atoms with Crippen LogP contribution in [0.15, 0.2) is 4.63 Å². The third kappa shape index (κ3) is 5.99. The molecule has 11 nitrogen and oxygen atoms in total. The van der Waals surface area contributed by atoms with E-state index >= 15 is 0 Å². The van der Waals surface area contributed by atoms with Gasteiger partial charge in [0.25, 0.3) is 0 Å². The number of aryl methyl sites for hydroxylation is 1. The summed E-state index contributed by atoms with van der Waals surface area (Å²) in [5, 5.41) is 7.68. The highest BCUT2D eigenvalue weighted by Crippen LogP contribution is 2.12. The minimum Gasteiger partial charge on any atom is -0.340 e. The first kappa shape index (κ1) is 22.6. The van der Waals surface area contributed by atoms with Crippen LogP contribution in [0.1, 0.15) is 30.7 Å². The highest BCUT2D eigenvalue weighted by Gasteiger charge is 2.26. The molecule has 12 heteroatoms. The summed E-state index contributed by atoms with van der Waals surface area (Å²) in [7, 11) is -3.21. The van der Waals surface area contributed by atoms with Gasteiger partial charge in [0.15, 0.2) is 0 Å². The van der Waals surface area contributed by atoms with Crippen LogP contribution in [0.4, 0.5) is 0 Å². The number of sulfonamides is 1. The molecular formula is C18H30N6O5S. The molecule has 1 aromatic heterocycles. The van der Waals surface area contributed by atoms with Gasteiger partial charge in [0.05, 0.1) is 6.26 Å². The summed E-state index contributed by atoms with van der Waals surface area (Å²) in [4.78, 5) is 30.6. The topological polar surface area (TPSA) is 120 Å². The minimum absolute atomic E-state index is 0.0163. The average Bonchev–Trinajstić information content (AvgIpc) is 3.12. The number of piperazine rings is 2. The van der Waals surface area contributed by atoms with Gasteiger partial charge in [-0.3, -0.25) is 14.5 Å². The summed E-state index contributed by atoms with van der Waals surface area (Å²) in [6.45, 7) is 6.84. The first-order chi connectivity index (χ1) is 14.2. The molecule has 0 bridgehead atoms. The lowest BCUT2D eigenvalue weighted by molar-refractivity contribution is -0.134. The average molecular weight is 443 g/mol. The number of amides is 2. The van der Waals surface area contributed by atoms with Crippen LogP contribution in [-0.2, 0) is 26.2 Å². The van der Waals surface area contributed by atoms with Crippen LogP contribution in [0.25, 0.3) is 0 Å². The fraction of sp³-hybridized carbons (Fsp3) is 0.778. The number of rotatable bonds is 7. The molecule has 1 aromatic rings. The van der Waals surface area contributed by atoms with Gasteiger partial charge < -0.3 is 9.80 Å². The molecule has 0 spiro atoms. The zero-order valence-corrected chi connectivity index (χ0v) is 18.4. The monoisotopic (exact) mass is 442 g/mol. The number of hydrogen-bond donors (Lipinski definition) is 0. The van der Waals surface area contributed by atoms with Gasteiger partial charge in [0.2, 0.25) is 21.8 Å². The van der Waals surface area contributed by atoms with E-state index in [-0.39, 0.29) is 11.8 Å². The molecule has 3 rings (SSSR count). The molecule has 2 fully saturated rings. The van der Waals surface area contributed by atoms with Crippen LogP contribution < -0.4 is 0 Å². The lowest BCUT2D eigenvalue weighted by Crippen LogP contribution is -2.50. The molecule has 0 radical (unpaired) electrons. The Balaban J connectivity index is 1.32. The van der Waals surface area contributed by atoms with Crippen LogP contribution in [0.2, 0.25) is 0 Å². The van der Waals surface area contributed by atoms with E-state index in [0.717, 1.165) is 24.5 Å². The third-order valence-electron chi connectivity index (χ3n) is 5.69. The summed E-state index contributed by atoms with van der Waals surface area (Å²) >= 11 is 0. The van der Waals surface area contributed by atoms with Crippen molar-refractivity contribution in [2.75, 3.05) is 58.6 Å². The third-order valence-corrected chi connectivity index (χ3v) is 6.99. The van der Waals surface area contributed by atoms with Crippen LogP contribution >= 0.6 is 0 Å². The summed E-state index contributed by atoms with van der Waals surface area (Å²) in [6.07, 6.45) is 2.35. The summed E-state index contributed by atoms with van der Waals surface area (Å²) in [5.41, 5.74) is 1.61. The van der Waals surface area contributed by atoms with Gasteiger partial charge in [-0.1, -0.05) is 10.3 Å². The summed E-state index contributed by atoms with van der Waals surface area (Å²) < 4.78 is 29.2. The number of hydrogen-bond acceptors (Lipinski definition) is 8. The molecule has 2 amide bonds. The predicted molar refractivity (Wildman–Crippen MR) is 108 cm³/mol. The second-order valence-electron chi connectivity index (χ2n) is 7.85. The van der Waals surface area contributed by atoms with Crippen molar-refractivity contribution in [3.8, 4) is 0 Å². The van der Waals surface area contributed by atoms with Gasteiger partial charge in [0, 0.05) is 71.7 Å². The SMILES string of the molecule is Cc1nonc1CN1CCN(C(=O)CCCC(=O)N2CCN(S(C)(=O)=O)CC2)CC1. The van der Waals surface area contributed by atoms with Crippen molar-refractivity contribution in [1.29, 1.82) is 0 Å². The molecule has 0 aliphatic carbocycles. The van der Waals surface area contributed by atoms with Crippen LogP contribution in [0, 0.1) is 6.92 Å². The Hall–Kier alpha value is -2.05. The Morgan fingerprint density at radius 1 is 0.900 bits per heavy atom. The Labute approximate surface area is 177 Å². The molecule has 2 aliphatic heterocycles. The molecule has 2 saturated heterocycles. The Morgan fingerprint density at radius 2 is 1.43 bits per heavy atom. The molecule has 3 heterocycles. The van der Waals surface area contributed by atoms with E-state index in [1.165, 1.54) is 10.6 Å². The molecule has 168 valence electrons. The van der Waals surface area contributed by atoms with Crippen LogP contribution in [0.3, 0.4) is 0 Å². The van der Waals surface area contributed by atoms with Crippen LogP contribution in [0.5, 0.6) is 0 Å². The van der Waals surface area contributed by atoms with E-state index in [1.54, 1.807) is 4.90 Å². The van der Waals surface area contributed by atoms with Crippen LogP contribution in [-0.4, -0.2) is 108 Å². The number of aromatic nitrogens is 2.